The lowest BCUT2D eigenvalue weighted by molar-refractivity contribution is 0.0170. The summed E-state index contributed by atoms with van der Waals surface area (Å²) in [6, 6.07) is 6.13. The van der Waals surface area contributed by atoms with Gasteiger partial charge in [0.05, 0.1) is 13.2 Å². The Balaban J connectivity index is 0.00000180. The lowest BCUT2D eigenvalue weighted by Crippen LogP contribution is -2.47. The Labute approximate surface area is 130 Å². The zero-order valence-electron chi connectivity index (χ0n) is 11.2. The van der Waals surface area contributed by atoms with Crippen molar-refractivity contribution in [3.63, 3.8) is 0 Å². The van der Waals surface area contributed by atoms with E-state index >= 15 is 0 Å². The smallest absolute Gasteiger partial charge is 0.258 e. The molecule has 1 heterocycles. The summed E-state index contributed by atoms with van der Waals surface area (Å²) >= 11 is 0. The average molecular weight is 329 g/mol. The van der Waals surface area contributed by atoms with Gasteiger partial charge in [0.2, 0.25) is 0 Å². The summed E-state index contributed by atoms with van der Waals surface area (Å²) in [5, 5.41) is 3.17. The van der Waals surface area contributed by atoms with Gasteiger partial charge in [0.25, 0.3) is 6.43 Å². The van der Waals surface area contributed by atoms with E-state index in [1.54, 1.807) is 24.3 Å². The van der Waals surface area contributed by atoms with Crippen LogP contribution >= 0.6 is 24.8 Å². The highest BCUT2D eigenvalue weighted by molar-refractivity contribution is 5.85. The molecule has 0 aliphatic carbocycles. The van der Waals surface area contributed by atoms with Gasteiger partial charge in [0.15, 0.2) is 0 Å². The molecule has 0 saturated carbocycles. The number of nitrogens with one attached hydrogen (secondary N) is 1. The van der Waals surface area contributed by atoms with E-state index in [2.05, 4.69) is 5.32 Å². The third kappa shape index (κ3) is 4.45. The van der Waals surface area contributed by atoms with Crippen LogP contribution in [0.3, 0.4) is 0 Å². The van der Waals surface area contributed by atoms with E-state index in [0.717, 1.165) is 13.1 Å². The van der Waals surface area contributed by atoms with Crippen LogP contribution in [-0.2, 0) is 0 Å². The maximum atomic E-state index is 13.4. The summed E-state index contributed by atoms with van der Waals surface area (Å²) in [7, 11) is 1.51. The Hall–Kier alpha value is -0.620. The second-order valence-corrected chi connectivity index (χ2v) is 4.31. The summed E-state index contributed by atoms with van der Waals surface area (Å²) in [5.74, 6) is 0.529. The van der Waals surface area contributed by atoms with Gasteiger partial charge in [-0.15, -0.1) is 24.8 Å². The first-order valence-electron chi connectivity index (χ1n) is 6.10. The maximum Gasteiger partial charge on any atom is 0.258 e. The predicted molar refractivity (Wildman–Crippen MR) is 80.7 cm³/mol. The molecule has 1 aliphatic rings. The minimum atomic E-state index is -2.42. The molecular weight excluding hydrogens is 309 g/mol. The largest absolute Gasteiger partial charge is 0.496 e. The highest BCUT2D eigenvalue weighted by Gasteiger charge is 2.31. The van der Waals surface area contributed by atoms with Crippen LogP contribution in [0.15, 0.2) is 24.3 Å². The van der Waals surface area contributed by atoms with E-state index < -0.39 is 12.5 Å². The number of rotatable bonds is 4. The number of benzene rings is 1. The van der Waals surface area contributed by atoms with Gasteiger partial charge in [-0.1, -0.05) is 18.2 Å². The molecule has 0 unspecified atom stereocenters. The standard InChI is InChI=1S/C13H18F2N2O.2ClH/c1-18-11-5-3-2-4-10(11)12(13(14)15)17-8-6-16-7-9-17;;/h2-5,12-13,16H,6-9H2,1H3;2*1H/t12-;;/m0../s1. The number of halogens is 4. The van der Waals surface area contributed by atoms with Gasteiger partial charge in [-0.05, 0) is 6.07 Å². The summed E-state index contributed by atoms with van der Waals surface area (Å²) < 4.78 is 31.9. The van der Waals surface area contributed by atoms with E-state index in [0.29, 0.717) is 24.4 Å². The summed E-state index contributed by atoms with van der Waals surface area (Å²) in [5.41, 5.74) is 0.567. The zero-order valence-corrected chi connectivity index (χ0v) is 12.9. The number of hydrogen-bond donors (Lipinski definition) is 1. The molecular formula is C13H20Cl2F2N2O. The van der Waals surface area contributed by atoms with Crippen LogP contribution in [0.4, 0.5) is 8.78 Å². The molecule has 0 bridgehead atoms. The molecule has 1 aromatic carbocycles. The summed E-state index contributed by atoms with van der Waals surface area (Å²) in [6.45, 7) is 2.76. The second-order valence-electron chi connectivity index (χ2n) is 4.31. The molecule has 1 fully saturated rings. The number of hydrogen-bond acceptors (Lipinski definition) is 3. The van der Waals surface area contributed by atoms with Crippen LogP contribution in [-0.4, -0.2) is 44.6 Å². The molecule has 1 N–H and O–H groups in total. The van der Waals surface area contributed by atoms with Crippen molar-refractivity contribution in [2.45, 2.75) is 12.5 Å². The first-order chi connectivity index (χ1) is 8.74. The fourth-order valence-electron chi connectivity index (χ4n) is 2.36. The predicted octanol–water partition coefficient (Wildman–Crippen LogP) is 2.75. The number of para-hydroxylation sites is 1. The topological polar surface area (TPSA) is 24.5 Å². The zero-order chi connectivity index (χ0) is 13.0. The summed E-state index contributed by atoms with van der Waals surface area (Å²) in [6.07, 6.45) is -2.42. The molecule has 1 aromatic rings. The van der Waals surface area contributed by atoms with E-state index in [1.165, 1.54) is 7.11 Å². The Bertz CT molecular complexity index is 390. The van der Waals surface area contributed by atoms with Crippen molar-refractivity contribution in [3.05, 3.63) is 29.8 Å². The minimum absolute atomic E-state index is 0. The molecule has 7 heteroatoms. The molecule has 116 valence electrons. The molecule has 3 nitrogen and oxygen atoms in total. The quantitative estimate of drug-likeness (QED) is 0.919. The van der Waals surface area contributed by atoms with Crippen LogP contribution in [0.2, 0.25) is 0 Å². The Morgan fingerprint density at radius 3 is 2.30 bits per heavy atom. The lowest BCUT2D eigenvalue weighted by atomic mass is 10.0. The van der Waals surface area contributed by atoms with Crippen molar-refractivity contribution in [2.75, 3.05) is 33.3 Å². The number of methoxy groups -OCH3 is 1. The fourth-order valence-corrected chi connectivity index (χ4v) is 2.36. The molecule has 1 aliphatic heterocycles. The van der Waals surface area contributed by atoms with Crippen LogP contribution in [0.5, 0.6) is 5.75 Å². The molecule has 2 rings (SSSR count). The van der Waals surface area contributed by atoms with Crippen molar-refractivity contribution in [2.24, 2.45) is 0 Å². The fraction of sp³-hybridized carbons (Fsp3) is 0.538. The van der Waals surface area contributed by atoms with Gasteiger partial charge in [-0.25, -0.2) is 8.78 Å². The van der Waals surface area contributed by atoms with Gasteiger partial charge in [-0.3, -0.25) is 4.90 Å². The first kappa shape index (κ1) is 19.4. The van der Waals surface area contributed by atoms with Crippen LogP contribution in [0.1, 0.15) is 11.6 Å². The van der Waals surface area contributed by atoms with Crippen molar-refractivity contribution in [3.8, 4) is 5.75 Å². The molecule has 1 atom stereocenters. The third-order valence-corrected chi connectivity index (χ3v) is 3.24. The van der Waals surface area contributed by atoms with Crippen molar-refractivity contribution in [1.29, 1.82) is 0 Å². The molecule has 0 aromatic heterocycles. The van der Waals surface area contributed by atoms with Gasteiger partial charge < -0.3 is 10.1 Å². The molecule has 0 radical (unpaired) electrons. The van der Waals surface area contributed by atoms with E-state index in [-0.39, 0.29) is 24.8 Å². The number of alkyl halides is 2. The molecule has 20 heavy (non-hydrogen) atoms. The van der Waals surface area contributed by atoms with Crippen molar-refractivity contribution in [1.82, 2.24) is 10.2 Å². The number of nitrogens with zero attached hydrogens (tertiary/aromatic N) is 1. The summed E-state index contributed by atoms with van der Waals surface area (Å²) in [4.78, 5) is 1.82. The average Bonchev–Trinajstić information content (AvgIpc) is 2.40. The van der Waals surface area contributed by atoms with Crippen LogP contribution in [0.25, 0.3) is 0 Å². The lowest BCUT2D eigenvalue weighted by Gasteiger charge is -2.35. The van der Waals surface area contributed by atoms with Gasteiger partial charge >= 0.3 is 0 Å². The van der Waals surface area contributed by atoms with Crippen LogP contribution in [0, 0.1) is 0 Å². The maximum absolute atomic E-state index is 13.4. The Morgan fingerprint density at radius 2 is 1.75 bits per heavy atom. The highest BCUT2D eigenvalue weighted by atomic mass is 35.5. The van der Waals surface area contributed by atoms with E-state index in [4.69, 9.17) is 4.74 Å². The van der Waals surface area contributed by atoms with Crippen molar-refractivity contribution >= 4 is 24.8 Å². The Kier molecular flexibility index (Phi) is 9.05. The normalized spacial score (nSPS) is 17.0. The van der Waals surface area contributed by atoms with Crippen LogP contribution < -0.4 is 10.1 Å². The SMILES string of the molecule is COc1ccccc1[C@@H](C(F)F)N1CCNCC1.Cl.Cl. The minimum Gasteiger partial charge on any atom is -0.496 e. The van der Waals surface area contributed by atoms with E-state index in [9.17, 15) is 8.78 Å². The van der Waals surface area contributed by atoms with Gasteiger partial charge in [-0.2, -0.15) is 0 Å². The van der Waals surface area contributed by atoms with Gasteiger partial charge in [0, 0.05) is 31.7 Å². The van der Waals surface area contributed by atoms with Gasteiger partial charge in [0.1, 0.15) is 5.75 Å². The second kappa shape index (κ2) is 9.34. The molecule has 1 saturated heterocycles. The molecule has 0 spiro atoms. The Morgan fingerprint density at radius 1 is 1.15 bits per heavy atom. The van der Waals surface area contributed by atoms with E-state index in [1.807, 2.05) is 4.90 Å². The first-order valence-corrected chi connectivity index (χ1v) is 6.10. The highest BCUT2D eigenvalue weighted by Crippen LogP contribution is 2.33. The molecule has 0 amide bonds. The monoisotopic (exact) mass is 328 g/mol. The third-order valence-electron chi connectivity index (χ3n) is 3.24. The van der Waals surface area contributed by atoms with Crippen molar-refractivity contribution < 1.29 is 13.5 Å². The number of ether oxygens (including phenoxy) is 1. The number of piperazine rings is 1.